The molecule has 0 aromatic rings. The third kappa shape index (κ3) is 5.31. The predicted molar refractivity (Wildman–Crippen MR) is 69.7 cm³/mol. The topological polar surface area (TPSA) is 21.3 Å². The second-order valence-electron chi connectivity index (χ2n) is 5.78. The van der Waals surface area contributed by atoms with Gasteiger partial charge in [-0.25, -0.2) is 0 Å². The first-order valence-corrected chi connectivity index (χ1v) is 6.95. The van der Waals surface area contributed by atoms with E-state index >= 15 is 0 Å². The predicted octanol–water partition coefficient (Wildman–Crippen LogP) is 3.22. The van der Waals surface area contributed by atoms with Crippen LogP contribution in [0.4, 0.5) is 0 Å². The Labute approximate surface area is 101 Å². The van der Waals surface area contributed by atoms with Crippen LogP contribution in [0.25, 0.3) is 0 Å². The molecule has 0 radical (unpaired) electrons. The summed E-state index contributed by atoms with van der Waals surface area (Å²) in [4.78, 5) is 0. The van der Waals surface area contributed by atoms with Crippen LogP contribution in [0, 0.1) is 11.8 Å². The van der Waals surface area contributed by atoms with E-state index in [-0.39, 0.29) is 0 Å². The summed E-state index contributed by atoms with van der Waals surface area (Å²) in [7, 11) is 0. The van der Waals surface area contributed by atoms with Crippen LogP contribution in [0.2, 0.25) is 0 Å². The summed E-state index contributed by atoms with van der Waals surface area (Å²) in [6, 6.07) is 1.24. The van der Waals surface area contributed by atoms with Gasteiger partial charge in [-0.15, -0.1) is 0 Å². The molecule has 0 aromatic heterocycles. The number of hydrogen-bond acceptors (Lipinski definition) is 2. The number of nitrogens with one attached hydrogen (secondary N) is 1. The van der Waals surface area contributed by atoms with Gasteiger partial charge in [0.15, 0.2) is 0 Å². The molecular formula is C14H29NO. The van der Waals surface area contributed by atoms with E-state index in [1.807, 2.05) is 0 Å². The summed E-state index contributed by atoms with van der Waals surface area (Å²) in [6.07, 6.45) is 5.47. The van der Waals surface area contributed by atoms with Gasteiger partial charge in [-0.2, -0.15) is 0 Å². The first kappa shape index (κ1) is 14.0. The summed E-state index contributed by atoms with van der Waals surface area (Å²) in [5.41, 5.74) is 0. The number of ether oxygens (including phenoxy) is 1. The molecule has 0 bridgehead atoms. The minimum absolute atomic E-state index is 0.499. The molecule has 2 heteroatoms. The van der Waals surface area contributed by atoms with Gasteiger partial charge in [0.05, 0.1) is 6.61 Å². The molecule has 0 amide bonds. The van der Waals surface area contributed by atoms with Gasteiger partial charge in [0, 0.05) is 18.7 Å². The van der Waals surface area contributed by atoms with E-state index in [0.717, 1.165) is 25.2 Å². The van der Waals surface area contributed by atoms with Crippen LogP contribution in [0.5, 0.6) is 0 Å². The molecular weight excluding hydrogens is 198 g/mol. The lowest BCUT2D eigenvalue weighted by Gasteiger charge is -2.20. The van der Waals surface area contributed by atoms with Gasteiger partial charge >= 0.3 is 0 Å². The molecule has 0 aromatic carbocycles. The Morgan fingerprint density at radius 3 is 2.50 bits per heavy atom. The van der Waals surface area contributed by atoms with Crippen molar-refractivity contribution in [1.29, 1.82) is 0 Å². The van der Waals surface area contributed by atoms with Crippen molar-refractivity contribution in [2.45, 2.75) is 65.5 Å². The van der Waals surface area contributed by atoms with Gasteiger partial charge in [-0.3, -0.25) is 0 Å². The first-order chi connectivity index (χ1) is 7.61. The highest BCUT2D eigenvalue weighted by Gasteiger charge is 2.23. The van der Waals surface area contributed by atoms with Crippen molar-refractivity contribution in [1.82, 2.24) is 5.32 Å². The lowest BCUT2D eigenvalue weighted by molar-refractivity contribution is 0.0910. The Bertz CT molecular complexity index is 182. The van der Waals surface area contributed by atoms with Crippen LogP contribution >= 0.6 is 0 Å². The molecule has 0 saturated heterocycles. The quantitative estimate of drug-likeness (QED) is 0.721. The van der Waals surface area contributed by atoms with Gasteiger partial charge in [-0.1, -0.05) is 27.2 Å². The van der Waals surface area contributed by atoms with E-state index in [1.165, 1.54) is 25.7 Å². The molecule has 1 aliphatic carbocycles. The second-order valence-corrected chi connectivity index (χ2v) is 5.78. The molecule has 1 fully saturated rings. The molecule has 16 heavy (non-hydrogen) atoms. The van der Waals surface area contributed by atoms with E-state index in [1.54, 1.807) is 0 Å². The SMILES string of the molecule is CCC1CCC(NC(C)COCC(C)C)C1. The molecule has 1 rings (SSSR count). The van der Waals surface area contributed by atoms with Gasteiger partial charge in [0.1, 0.15) is 0 Å². The van der Waals surface area contributed by atoms with E-state index in [4.69, 9.17) is 4.74 Å². The van der Waals surface area contributed by atoms with Crippen molar-refractivity contribution < 1.29 is 4.74 Å². The van der Waals surface area contributed by atoms with Gasteiger partial charge < -0.3 is 10.1 Å². The summed E-state index contributed by atoms with van der Waals surface area (Å²) in [5, 5.41) is 3.69. The average Bonchev–Trinajstić information content (AvgIpc) is 2.65. The molecule has 1 saturated carbocycles. The van der Waals surface area contributed by atoms with E-state index in [9.17, 15) is 0 Å². The molecule has 1 N–H and O–H groups in total. The van der Waals surface area contributed by atoms with Crippen LogP contribution < -0.4 is 5.32 Å². The minimum atomic E-state index is 0.499. The highest BCUT2D eigenvalue weighted by Crippen LogP contribution is 2.28. The summed E-state index contributed by atoms with van der Waals surface area (Å²) >= 11 is 0. The van der Waals surface area contributed by atoms with E-state index in [0.29, 0.717) is 12.0 Å². The van der Waals surface area contributed by atoms with Crippen LogP contribution in [-0.4, -0.2) is 25.3 Å². The molecule has 3 atom stereocenters. The zero-order chi connectivity index (χ0) is 12.0. The largest absolute Gasteiger partial charge is 0.380 e. The van der Waals surface area contributed by atoms with Crippen LogP contribution in [0.3, 0.4) is 0 Å². The fraction of sp³-hybridized carbons (Fsp3) is 1.00. The lowest BCUT2D eigenvalue weighted by Crippen LogP contribution is -2.38. The Hall–Kier alpha value is -0.0800. The summed E-state index contributed by atoms with van der Waals surface area (Å²) < 4.78 is 5.66. The van der Waals surface area contributed by atoms with Crippen molar-refractivity contribution >= 4 is 0 Å². The molecule has 2 nitrogen and oxygen atoms in total. The number of hydrogen-bond donors (Lipinski definition) is 1. The molecule has 3 unspecified atom stereocenters. The van der Waals surface area contributed by atoms with Crippen LogP contribution in [0.15, 0.2) is 0 Å². The highest BCUT2D eigenvalue weighted by atomic mass is 16.5. The minimum Gasteiger partial charge on any atom is -0.380 e. The fourth-order valence-electron chi connectivity index (χ4n) is 2.53. The Morgan fingerprint density at radius 1 is 1.19 bits per heavy atom. The van der Waals surface area contributed by atoms with E-state index in [2.05, 4.69) is 33.0 Å². The van der Waals surface area contributed by atoms with Crippen molar-refractivity contribution in [3.8, 4) is 0 Å². The molecule has 0 aliphatic heterocycles. The lowest BCUT2D eigenvalue weighted by atomic mass is 10.1. The van der Waals surface area contributed by atoms with Gasteiger partial charge in [0.25, 0.3) is 0 Å². The first-order valence-electron chi connectivity index (χ1n) is 6.95. The highest BCUT2D eigenvalue weighted by molar-refractivity contribution is 4.81. The second kappa shape index (κ2) is 7.29. The average molecular weight is 227 g/mol. The van der Waals surface area contributed by atoms with Crippen molar-refractivity contribution in [2.75, 3.05) is 13.2 Å². The van der Waals surface area contributed by atoms with Crippen molar-refractivity contribution in [3.05, 3.63) is 0 Å². The van der Waals surface area contributed by atoms with Crippen LogP contribution in [0.1, 0.15) is 53.4 Å². The van der Waals surface area contributed by atoms with Crippen molar-refractivity contribution in [2.24, 2.45) is 11.8 Å². The zero-order valence-electron chi connectivity index (χ0n) is 11.5. The van der Waals surface area contributed by atoms with Gasteiger partial charge in [-0.05, 0) is 38.0 Å². The maximum Gasteiger partial charge on any atom is 0.0617 e. The Morgan fingerprint density at radius 2 is 1.94 bits per heavy atom. The maximum atomic E-state index is 5.66. The molecule has 0 heterocycles. The standard InChI is InChI=1S/C14H29NO/c1-5-13-6-7-14(8-13)15-12(4)10-16-9-11(2)3/h11-15H,5-10H2,1-4H3. The normalized spacial score (nSPS) is 27.6. The smallest absolute Gasteiger partial charge is 0.0617 e. The molecule has 0 spiro atoms. The van der Waals surface area contributed by atoms with Crippen LogP contribution in [-0.2, 0) is 4.74 Å². The fourth-order valence-corrected chi connectivity index (χ4v) is 2.53. The summed E-state index contributed by atoms with van der Waals surface area (Å²) in [5.74, 6) is 1.60. The number of rotatable bonds is 7. The van der Waals surface area contributed by atoms with Gasteiger partial charge in [0.2, 0.25) is 0 Å². The maximum absolute atomic E-state index is 5.66. The third-order valence-corrected chi connectivity index (χ3v) is 3.46. The monoisotopic (exact) mass is 227 g/mol. The third-order valence-electron chi connectivity index (χ3n) is 3.46. The molecule has 1 aliphatic rings. The Balaban J connectivity index is 2.08. The zero-order valence-corrected chi connectivity index (χ0v) is 11.5. The molecule has 96 valence electrons. The Kier molecular flexibility index (Phi) is 6.37. The van der Waals surface area contributed by atoms with Crippen molar-refractivity contribution in [3.63, 3.8) is 0 Å². The van der Waals surface area contributed by atoms with E-state index < -0.39 is 0 Å². The summed E-state index contributed by atoms with van der Waals surface area (Å²) in [6.45, 7) is 10.7.